The fourth-order valence-corrected chi connectivity index (χ4v) is 10.0. The molecule has 0 aliphatic carbocycles. The van der Waals surface area contributed by atoms with Gasteiger partial charge >= 0.3 is 53.7 Å². The van der Waals surface area contributed by atoms with Crippen molar-refractivity contribution >= 4 is 64.7 Å². The van der Waals surface area contributed by atoms with Crippen molar-refractivity contribution < 1.29 is 109 Å². The molecule has 2 aliphatic heterocycles. The van der Waals surface area contributed by atoms with Crippen LogP contribution in [0.3, 0.4) is 0 Å². The Morgan fingerprint density at radius 2 is 0.889 bits per heavy atom. The van der Waals surface area contributed by atoms with E-state index < -0.39 is 139 Å². The van der Waals surface area contributed by atoms with Crippen LogP contribution in [0.4, 0.5) is 0 Å². The summed E-state index contributed by atoms with van der Waals surface area (Å²) < 4.78 is 83.9. The summed E-state index contributed by atoms with van der Waals surface area (Å²) in [6.07, 6.45) is -16.5. The smallest absolute Gasteiger partial charge is 0.338 e. The molecule has 0 N–H and O–H groups in total. The fraction of sp³-hybridized carbons (Fsp3) is 0.273. The van der Waals surface area contributed by atoms with E-state index in [0.29, 0.717) is 0 Å². The lowest BCUT2D eigenvalue weighted by molar-refractivity contribution is -0.288. The standard InChI is InChI=1S/C66H58O24/c1-35(67)78-33-51-54(80-36(2)68)59(82-38(4)70)61(83-39(5)71)66(87-51)84-45-29-27-40(28-30-45)47-31-46(72)52-49(85-47)32-48(77-6)53(56(52)81-37(3)69)57-60(90-65(76)44-25-17-10-18-26-44)58(89-64(75)43-23-15-9-16-24-43)55(88-63(74)42-21-13-8-14-22-42)50(86-57)34-79-62(73)41-19-11-7-12-20-41/h7-32,50-51,54-55,57-61,66H,33-34H2,1-6H3/t50-,51-,54-,55-,57+,58+,59+,60+,61-,66-/m1/s1. The molecule has 466 valence electrons. The molecule has 0 saturated carbocycles. The molecule has 2 saturated heterocycles. The van der Waals surface area contributed by atoms with Crippen LogP contribution in [0.1, 0.15) is 87.7 Å². The number of hydrogen-bond donors (Lipinski definition) is 0. The Labute approximate surface area is 512 Å². The molecular formula is C66H58O24. The van der Waals surface area contributed by atoms with Gasteiger partial charge in [0, 0.05) is 52.3 Å². The molecule has 90 heavy (non-hydrogen) atoms. The number of rotatable bonds is 20. The summed E-state index contributed by atoms with van der Waals surface area (Å²) in [5, 5.41) is -0.382. The minimum atomic E-state index is -1.92. The Balaban J connectivity index is 1.15. The zero-order chi connectivity index (χ0) is 64.2. The topological polar surface area (TPSA) is 304 Å². The first-order valence-electron chi connectivity index (χ1n) is 27.9. The largest absolute Gasteiger partial charge is 0.496 e. The molecule has 1 aromatic heterocycles. The van der Waals surface area contributed by atoms with Crippen LogP contribution in [0.5, 0.6) is 17.2 Å². The Morgan fingerprint density at radius 3 is 1.39 bits per heavy atom. The van der Waals surface area contributed by atoms with E-state index >= 15 is 0 Å². The van der Waals surface area contributed by atoms with Crippen molar-refractivity contribution in [2.24, 2.45) is 0 Å². The molecule has 0 amide bonds. The fourth-order valence-electron chi connectivity index (χ4n) is 10.0. The first-order chi connectivity index (χ1) is 43.3. The highest BCUT2D eigenvalue weighted by Crippen LogP contribution is 2.48. The van der Waals surface area contributed by atoms with Gasteiger partial charge in [0.2, 0.25) is 12.4 Å². The summed E-state index contributed by atoms with van der Waals surface area (Å²) in [7, 11) is 1.22. The van der Waals surface area contributed by atoms with Crippen LogP contribution >= 0.6 is 0 Å². The van der Waals surface area contributed by atoms with E-state index in [1.54, 1.807) is 72.8 Å². The lowest BCUT2D eigenvalue weighted by Crippen LogP contribution is -2.63. The number of carbonyl (C=O) groups is 9. The van der Waals surface area contributed by atoms with Crippen molar-refractivity contribution in [2.45, 2.75) is 95.8 Å². The molecule has 0 spiro atoms. The predicted octanol–water partition coefficient (Wildman–Crippen LogP) is 7.83. The molecular weight excluding hydrogens is 1180 g/mol. The third-order valence-electron chi connectivity index (χ3n) is 13.8. The number of ether oxygens (including phenoxy) is 13. The first-order valence-corrected chi connectivity index (χ1v) is 27.9. The lowest BCUT2D eigenvalue weighted by atomic mass is 9.88. The number of methoxy groups -OCH3 is 1. The average molecular weight is 1240 g/mol. The van der Waals surface area contributed by atoms with Crippen LogP contribution < -0.4 is 19.6 Å². The van der Waals surface area contributed by atoms with Crippen molar-refractivity contribution in [3.8, 4) is 28.6 Å². The number of benzene rings is 6. The van der Waals surface area contributed by atoms with Gasteiger partial charge in [-0.3, -0.25) is 28.8 Å². The highest BCUT2D eigenvalue weighted by molar-refractivity contribution is 5.93. The van der Waals surface area contributed by atoms with Crippen LogP contribution in [-0.2, 0) is 71.3 Å². The molecule has 6 aromatic carbocycles. The Morgan fingerprint density at radius 1 is 0.444 bits per heavy atom. The SMILES string of the molecule is COc1cc2oc(-c3ccc(O[C@@H]4O[C@H](COC(C)=O)[C@@H](OC(C)=O)[C@H](OC(C)=O)[C@H]4OC(C)=O)cc3)cc(=O)c2c(OC(C)=O)c1[C@@H]1O[C@H](COC(=O)c2ccccc2)[C@@H](OC(=O)c2ccccc2)[C@H](OC(=O)c2ccccc2)[C@H]1OC(=O)c1ccccc1. The summed E-state index contributed by atoms with van der Waals surface area (Å²) in [6.45, 7) is 4.16. The molecule has 9 rings (SSSR count). The maximum absolute atomic E-state index is 14.9. The highest BCUT2D eigenvalue weighted by Gasteiger charge is 2.56. The molecule has 24 nitrogen and oxygen atoms in total. The number of hydrogen-bond acceptors (Lipinski definition) is 24. The first kappa shape index (κ1) is 63.8. The maximum atomic E-state index is 14.9. The second kappa shape index (κ2) is 28.9. The van der Waals surface area contributed by atoms with E-state index in [1.807, 2.05) is 0 Å². The van der Waals surface area contributed by atoms with Crippen LogP contribution in [0.25, 0.3) is 22.3 Å². The van der Waals surface area contributed by atoms with Crippen molar-refractivity contribution in [3.05, 3.63) is 196 Å². The van der Waals surface area contributed by atoms with Gasteiger partial charge in [0.1, 0.15) is 59.8 Å². The second-order valence-electron chi connectivity index (χ2n) is 20.2. The third-order valence-corrected chi connectivity index (χ3v) is 13.8. The molecule has 3 heterocycles. The van der Waals surface area contributed by atoms with Gasteiger partial charge < -0.3 is 66.0 Å². The van der Waals surface area contributed by atoms with Gasteiger partial charge in [-0.1, -0.05) is 72.8 Å². The van der Waals surface area contributed by atoms with E-state index in [4.69, 9.17) is 66.0 Å². The summed E-state index contributed by atoms with van der Waals surface area (Å²) in [5.74, 6) is -8.86. The normalized spacial score (nSPS) is 21.0. The minimum absolute atomic E-state index is 0.000263. The van der Waals surface area contributed by atoms with Gasteiger partial charge in [0.05, 0.1) is 34.9 Å². The summed E-state index contributed by atoms with van der Waals surface area (Å²) in [5.41, 5.74) is -0.938. The predicted molar refractivity (Wildman–Crippen MR) is 310 cm³/mol. The van der Waals surface area contributed by atoms with Gasteiger partial charge in [0.25, 0.3) is 0 Å². The van der Waals surface area contributed by atoms with Gasteiger partial charge in [0.15, 0.2) is 41.7 Å². The molecule has 0 bridgehead atoms. The second-order valence-corrected chi connectivity index (χ2v) is 20.2. The van der Waals surface area contributed by atoms with E-state index in [1.165, 1.54) is 86.0 Å². The van der Waals surface area contributed by atoms with E-state index in [-0.39, 0.29) is 61.6 Å². The number of carbonyl (C=O) groups excluding carboxylic acids is 9. The van der Waals surface area contributed by atoms with Gasteiger partial charge in [-0.25, -0.2) is 19.2 Å². The Kier molecular flexibility index (Phi) is 20.4. The number of esters is 9. The lowest BCUT2D eigenvalue weighted by Gasteiger charge is -2.45. The highest BCUT2D eigenvalue weighted by atomic mass is 16.7. The van der Waals surface area contributed by atoms with Crippen LogP contribution in [-0.4, -0.2) is 129 Å². The van der Waals surface area contributed by atoms with Crippen molar-refractivity contribution in [2.75, 3.05) is 20.3 Å². The molecule has 0 unspecified atom stereocenters. The summed E-state index contributed by atoms with van der Waals surface area (Å²) in [4.78, 5) is 134. The Bertz CT molecular complexity index is 3830. The minimum Gasteiger partial charge on any atom is -0.496 e. The van der Waals surface area contributed by atoms with Crippen molar-refractivity contribution in [1.82, 2.24) is 0 Å². The zero-order valence-corrected chi connectivity index (χ0v) is 49.0. The summed E-state index contributed by atoms with van der Waals surface area (Å²) >= 11 is 0. The molecule has 10 atom stereocenters. The maximum Gasteiger partial charge on any atom is 0.338 e. The number of fused-ring (bicyclic) bond motifs is 1. The summed E-state index contributed by atoms with van der Waals surface area (Å²) in [6, 6.07) is 39.1. The van der Waals surface area contributed by atoms with E-state index in [9.17, 15) is 47.9 Å². The zero-order valence-electron chi connectivity index (χ0n) is 49.0. The average Bonchev–Trinajstić information content (AvgIpc) is 0.771. The third kappa shape index (κ3) is 15.3. The molecule has 24 heteroatoms. The molecule has 2 fully saturated rings. The molecule has 2 aliphatic rings. The quantitative estimate of drug-likeness (QED) is 0.0399. The monoisotopic (exact) mass is 1230 g/mol. The van der Waals surface area contributed by atoms with Crippen LogP contribution in [0, 0.1) is 0 Å². The van der Waals surface area contributed by atoms with Crippen LogP contribution in [0.15, 0.2) is 167 Å². The van der Waals surface area contributed by atoms with E-state index in [2.05, 4.69) is 0 Å². The van der Waals surface area contributed by atoms with Gasteiger partial charge in [-0.15, -0.1) is 0 Å². The Hall–Kier alpha value is -10.7. The van der Waals surface area contributed by atoms with Crippen molar-refractivity contribution in [1.29, 1.82) is 0 Å². The van der Waals surface area contributed by atoms with Gasteiger partial charge in [-0.05, 0) is 72.8 Å². The van der Waals surface area contributed by atoms with Crippen LogP contribution in [0.2, 0.25) is 0 Å². The van der Waals surface area contributed by atoms with Crippen molar-refractivity contribution in [3.63, 3.8) is 0 Å². The molecule has 7 aromatic rings. The van der Waals surface area contributed by atoms with E-state index in [0.717, 1.165) is 40.7 Å². The molecule has 0 radical (unpaired) electrons. The van der Waals surface area contributed by atoms with Gasteiger partial charge in [-0.2, -0.15) is 0 Å².